The molecule has 0 aliphatic heterocycles. The van der Waals surface area contributed by atoms with Crippen molar-refractivity contribution in [2.75, 3.05) is 0 Å². The molecule has 0 aliphatic rings. The molecule has 0 unspecified atom stereocenters. The minimum atomic E-state index is -4.21. The number of quaternary nitrogens is 1. The summed E-state index contributed by atoms with van der Waals surface area (Å²) in [7, 11) is -8.43. The van der Waals surface area contributed by atoms with E-state index in [2.05, 4.69) is 0 Å². The monoisotopic (exact) mass is 406 g/mol. The summed E-state index contributed by atoms with van der Waals surface area (Å²) in [5.74, 6) is 0. The molecule has 0 saturated heterocycles. The fourth-order valence-electron chi connectivity index (χ4n) is 2.23. The first-order valence-corrected chi connectivity index (χ1v) is 11.4. The number of hydrogen-bond acceptors (Lipinski definition) is 5. The fourth-order valence-corrected chi connectivity index (χ4v) is 7.90. The number of rotatable bonds is 6. The SMILES string of the molecule is O=S(=O)(c1ccccc1)[NH+](Sc1ccccc1)S(=O)(=O)c1ccccc1. The molecule has 3 aromatic carbocycles. The van der Waals surface area contributed by atoms with E-state index >= 15 is 0 Å². The van der Waals surface area contributed by atoms with Gasteiger partial charge in [0.2, 0.25) is 0 Å². The van der Waals surface area contributed by atoms with Crippen molar-refractivity contribution < 1.29 is 20.0 Å². The van der Waals surface area contributed by atoms with Gasteiger partial charge in [-0.1, -0.05) is 57.7 Å². The average molecular weight is 407 g/mol. The molecule has 0 fully saturated rings. The summed E-state index contributed by atoms with van der Waals surface area (Å²) in [6, 6.07) is 23.7. The largest absolute Gasteiger partial charge is 0.351 e. The Kier molecular flexibility index (Phi) is 5.47. The van der Waals surface area contributed by atoms with Gasteiger partial charge in [0.1, 0.15) is 21.7 Å². The van der Waals surface area contributed by atoms with Crippen LogP contribution in [0.5, 0.6) is 0 Å². The van der Waals surface area contributed by atoms with Crippen LogP contribution in [0.1, 0.15) is 0 Å². The van der Waals surface area contributed by atoms with Crippen LogP contribution in [0.4, 0.5) is 0 Å². The van der Waals surface area contributed by atoms with Gasteiger partial charge < -0.3 is 0 Å². The molecule has 0 amide bonds. The second-order valence-electron chi connectivity index (χ2n) is 5.30. The summed E-state index contributed by atoms with van der Waals surface area (Å²) in [5, 5.41) is 0. The molecule has 134 valence electrons. The van der Waals surface area contributed by atoms with E-state index in [-0.39, 0.29) is 9.79 Å². The number of nitrogens with one attached hydrogen (secondary N) is 1. The topological polar surface area (TPSA) is 72.7 Å². The average Bonchev–Trinajstić information content (AvgIpc) is 2.68. The summed E-state index contributed by atoms with van der Waals surface area (Å²) in [4.78, 5) is 0.414. The van der Waals surface area contributed by atoms with E-state index < -0.39 is 23.2 Å². The van der Waals surface area contributed by atoms with Gasteiger partial charge in [-0.2, -0.15) is 16.8 Å². The van der Waals surface area contributed by atoms with Crippen LogP contribution in [0.3, 0.4) is 0 Å². The Hall–Kier alpha value is -2.13. The minimum Gasteiger partial charge on any atom is -0.166 e. The van der Waals surface area contributed by atoms with Crippen molar-refractivity contribution in [3.63, 3.8) is 0 Å². The molecule has 0 radical (unpaired) electrons. The van der Waals surface area contributed by atoms with E-state index in [4.69, 9.17) is 0 Å². The highest BCUT2D eigenvalue weighted by atomic mass is 32.3. The van der Waals surface area contributed by atoms with Crippen molar-refractivity contribution in [1.82, 2.24) is 0 Å². The smallest absolute Gasteiger partial charge is 0.166 e. The zero-order valence-electron chi connectivity index (χ0n) is 13.5. The Morgan fingerprint density at radius 1 is 0.538 bits per heavy atom. The molecule has 5 nitrogen and oxygen atoms in total. The molecule has 0 aromatic heterocycles. The fraction of sp³-hybridized carbons (Fsp3) is 0. The van der Waals surface area contributed by atoms with Crippen LogP contribution in [0, 0.1) is 0 Å². The molecule has 3 aromatic rings. The lowest BCUT2D eigenvalue weighted by molar-refractivity contribution is -0.432. The zero-order chi connectivity index (χ0) is 18.6. The van der Waals surface area contributed by atoms with Gasteiger partial charge in [-0.15, -0.1) is 0 Å². The van der Waals surface area contributed by atoms with Crippen molar-refractivity contribution in [3.8, 4) is 0 Å². The quantitative estimate of drug-likeness (QED) is 0.636. The lowest BCUT2D eigenvalue weighted by atomic mass is 10.4. The summed E-state index contributed by atoms with van der Waals surface area (Å²) in [6.45, 7) is 0. The predicted octanol–water partition coefficient (Wildman–Crippen LogP) is 2.36. The van der Waals surface area contributed by atoms with Crippen molar-refractivity contribution in [1.29, 1.82) is 0 Å². The molecule has 8 heteroatoms. The van der Waals surface area contributed by atoms with Crippen LogP contribution in [0.15, 0.2) is 106 Å². The van der Waals surface area contributed by atoms with Gasteiger partial charge >= 0.3 is 20.0 Å². The molecule has 0 atom stereocenters. The van der Waals surface area contributed by atoms with Gasteiger partial charge in [-0.3, -0.25) is 0 Å². The molecule has 1 N–H and O–H groups in total. The molecule has 26 heavy (non-hydrogen) atoms. The first-order chi connectivity index (χ1) is 12.4. The third-order valence-electron chi connectivity index (χ3n) is 3.49. The normalized spacial score (nSPS) is 12.2. The van der Waals surface area contributed by atoms with Gasteiger partial charge in [0, 0.05) is 0 Å². The van der Waals surface area contributed by atoms with Gasteiger partial charge in [-0.25, -0.2) is 0 Å². The highest BCUT2D eigenvalue weighted by Gasteiger charge is 2.42. The van der Waals surface area contributed by atoms with Crippen molar-refractivity contribution >= 4 is 32.0 Å². The third-order valence-corrected chi connectivity index (χ3v) is 9.96. The maximum atomic E-state index is 13.1. The molecule has 3 rings (SSSR count). The number of benzene rings is 3. The standard InChI is InChI=1S/C18H15NO4S3/c20-25(21,17-12-6-2-7-13-17)19(24-16-10-4-1-5-11-16)26(22,23)18-14-8-3-9-15-18/h1-15H/p+1. The van der Waals surface area contributed by atoms with Crippen molar-refractivity contribution in [3.05, 3.63) is 91.0 Å². The number of hydrogen-bond donors (Lipinski definition) is 1. The molecule has 0 aliphatic carbocycles. The highest BCUT2D eigenvalue weighted by molar-refractivity contribution is 8.11. The summed E-state index contributed by atoms with van der Waals surface area (Å²) >= 11 is 0.733. The van der Waals surface area contributed by atoms with Crippen LogP contribution in [0.25, 0.3) is 0 Å². The lowest BCUT2D eigenvalue weighted by Crippen LogP contribution is -3.09. The van der Waals surface area contributed by atoms with Gasteiger partial charge in [-0.05, 0) is 36.4 Å². The number of sulfonamides is 2. The van der Waals surface area contributed by atoms with Crippen LogP contribution >= 0.6 is 11.9 Å². The first-order valence-electron chi connectivity index (χ1n) is 7.62. The van der Waals surface area contributed by atoms with E-state index in [1.807, 2.05) is 0 Å². The maximum Gasteiger partial charge on any atom is 0.351 e. The Morgan fingerprint density at radius 2 is 0.885 bits per heavy atom. The van der Waals surface area contributed by atoms with Gasteiger partial charge in [0.15, 0.2) is 0 Å². The van der Waals surface area contributed by atoms with E-state index in [1.54, 1.807) is 66.7 Å². The Labute approximate surface area is 157 Å². The molecule has 0 bridgehead atoms. The summed E-state index contributed by atoms with van der Waals surface area (Å²) < 4.78 is 51.9. The molecule has 0 saturated carbocycles. The van der Waals surface area contributed by atoms with Crippen LogP contribution in [-0.2, 0) is 20.0 Å². The second kappa shape index (κ2) is 7.63. The Morgan fingerprint density at radius 3 is 1.27 bits per heavy atom. The maximum absolute atomic E-state index is 13.1. The second-order valence-corrected chi connectivity index (χ2v) is 10.9. The van der Waals surface area contributed by atoms with E-state index in [0.717, 1.165) is 11.9 Å². The zero-order valence-corrected chi connectivity index (χ0v) is 16.0. The van der Waals surface area contributed by atoms with E-state index in [0.29, 0.717) is 4.90 Å². The Bertz CT molecular complexity index is 1000. The van der Waals surface area contributed by atoms with Crippen LogP contribution < -0.4 is 3.12 Å². The molecular weight excluding hydrogens is 390 g/mol. The molecule has 0 heterocycles. The molecular formula is C18H16NO4S3+. The lowest BCUT2D eigenvalue weighted by Gasteiger charge is -2.16. The molecule has 0 spiro atoms. The third kappa shape index (κ3) is 3.83. The summed E-state index contributed by atoms with van der Waals surface area (Å²) in [5.41, 5.74) is 0. The van der Waals surface area contributed by atoms with Gasteiger partial charge in [0.05, 0.1) is 4.90 Å². The predicted molar refractivity (Wildman–Crippen MR) is 101 cm³/mol. The van der Waals surface area contributed by atoms with Crippen LogP contribution in [-0.4, -0.2) is 16.8 Å². The Balaban J connectivity index is 2.14. The van der Waals surface area contributed by atoms with Crippen molar-refractivity contribution in [2.45, 2.75) is 14.7 Å². The first kappa shape index (κ1) is 18.7. The van der Waals surface area contributed by atoms with Crippen molar-refractivity contribution in [2.24, 2.45) is 0 Å². The minimum absolute atomic E-state index is 0.0575. The van der Waals surface area contributed by atoms with Gasteiger partial charge in [0.25, 0.3) is 0 Å². The summed E-state index contributed by atoms with van der Waals surface area (Å²) in [6.07, 6.45) is 0. The highest BCUT2D eigenvalue weighted by Crippen LogP contribution is 2.17. The van der Waals surface area contributed by atoms with E-state index in [1.165, 1.54) is 24.3 Å². The van der Waals surface area contributed by atoms with E-state index in [9.17, 15) is 16.8 Å². The van der Waals surface area contributed by atoms with Crippen LogP contribution in [0.2, 0.25) is 0 Å².